The minimum atomic E-state index is -4.42. The molecule has 2 aromatic carbocycles. The summed E-state index contributed by atoms with van der Waals surface area (Å²) in [6.45, 7) is 22.2. The van der Waals surface area contributed by atoms with Crippen LogP contribution in [0.4, 0.5) is 0 Å². The van der Waals surface area contributed by atoms with Gasteiger partial charge in [-0.25, -0.2) is 19.0 Å². The maximum atomic E-state index is 12.6. The predicted octanol–water partition coefficient (Wildman–Crippen LogP) is 7.10. The highest BCUT2D eigenvalue weighted by atomic mass is 32.2. The molecule has 0 atom stereocenters. The molecule has 0 aliphatic carbocycles. The minimum absolute atomic E-state index is 0.121. The summed E-state index contributed by atoms with van der Waals surface area (Å²) in [5, 5.41) is 9.10. The first-order valence-electron chi connectivity index (χ1n) is 18.8. The number of para-hydroxylation sites is 1. The first-order valence-corrected chi connectivity index (χ1v) is 20.2. The zero-order chi connectivity index (χ0) is 41.0. The van der Waals surface area contributed by atoms with Gasteiger partial charge < -0.3 is 19.4 Å². The van der Waals surface area contributed by atoms with Gasteiger partial charge in [-0.15, -0.1) is 10.2 Å². The van der Waals surface area contributed by atoms with E-state index in [-0.39, 0.29) is 21.8 Å². The van der Waals surface area contributed by atoms with E-state index in [0.717, 1.165) is 42.0 Å². The number of hydrogen-bond donors (Lipinski definition) is 3. The van der Waals surface area contributed by atoms with Crippen LogP contribution >= 0.6 is 0 Å². The molecule has 0 saturated heterocycles. The molecule has 16 heteroatoms. The van der Waals surface area contributed by atoms with Gasteiger partial charge in [0, 0.05) is 12.8 Å². The maximum absolute atomic E-state index is 12.6. The van der Waals surface area contributed by atoms with Crippen LogP contribution in [0.5, 0.6) is 11.5 Å². The van der Waals surface area contributed by atoms with Crippen molar-refractivity contribution in [2.75, 3.05) is 13.2 Å². The van der Waals surface area contributed by atoms with E-state index in [0.29, 0.717) is 59.5 Å². The number of H-pyrrole nitrogens is 2. The van der Waals surface area contributed by atoms with Crippen LogP contribution in [0.2, 0.25) is 0 Å². The molecular formula is C39H54N8O7S. The topological polar surface area (TPSA) is 199 Å². The molecule has 0 saturated carbocycles. The van der Waals surface area contributed by atoms with Gasteiger partial charge in [-0.1, -0.05) is 53.7 Å². The number of imidazole rings is 2. The molecule has 0 spiro atoms. The Balaban J connectivity index is 0.000000272. The van der Waals surface area contributed by atoms with Crippen LogP contribution < -0.4 is 20.6 Å². The second kappa shape index (κ2) is 19.8. The molecular weight excluding hydrogens is 725 g/mol. The molecule has 0 fully saturated rings. The molecule has 0 aliphatic heterocycles. The van der Waals surface area contributed by atoms with Gasteiger partial charge >= 0.3 is 0 Å². The Labute approximate surface area is 321 Å². The maximum Gasteiger partial charge on any atom is 0.294 e. The molecule has 0 bridgehead atoms. The van der Waals surface area contributed by atoms with Crippen LogP contribution in [0.3, 0.4) is 0 Å². The van der Waals surface area contributed by atoms with Gasteiger partial charge in [0.2, 0.25) is 0 Å². The van der Waals surface area contributed by atoms with E-state index in [1.165, 1.54) is 22.7 Å². The number of nitrogens with zero attached hydrogens (tertiary/aromatic N) is 6. The van der Waals surface area contributed by atoms with Gasteiger partial charge in [0.15, 0.2) is 22.7 Å². The van der Waals surface area contributed by atoms with Crippen molar-refractivity contribution in [1.29, 1.82) is 0 Å². The summed E-state index contributed by atoms with van der Waals surface area (Å²) in [6, 6.07) is 9.68. The van der Waals surface area contributed by atoms with Gasteiger partial charge in [-0.2, -0.15) is 8.42 Å². The summed E-state index contributed by atoms with van der Waals surface area (Å²) in [5.41, 5.74) is 3.57. The summed E-state index contributed by atoms with van der Waals surface area (Å²) in [6.07, 6.45) is 3.17. The lowest BCUT2D eigenvalue weighted by Gasteiger charge is -2.12. The van der Waals surface area contributed by atoms with Crippen LogP contribution in [-0.4, -0.2) is 65.3 Å². The van der Waals surface area contributed by atoms with E-state index in [9.17, 15) is 22.6 Å². The lowest BCUT2D eigenvalue weighted by molar-refractivity contribution is 0.339. The molecule has 55 heavy (non-hydrogen) atoms. The Morgan fingerprint density at radius 2 is 1.20 bits per heavy atom. The highest BCUT2D eigenvalue weighted by Crippen LogP contribution is 2.31. The molecule has 4 heterocycles. The van der Waals surface area contributed by atoms with Gasteiger partial charge in [-0.05, 0) is 77.3 Å². The fourth-order valence-electron chi connectivity index (χ4n) is 5.80. The second-order valence-electron chi connectivity index (χ2n) is 11.8. The van der Waals surface area contributed by atoms with Crippen molar-refractivity contribution in [2.45, 2.75) is 107 Å². The molecule has 0 unspecified atom stereocenters. The van der Waals surface area contributed by atoms with Gasteiger partial charge in [-0.3, -0.25) is 14.1 Å². The Morgan fingerprint density at radius 3 is 1.65 bits per heavy atom. The molecule has 0 amide bonds. The van der Waals surface area contributed by atoms with Gasteiger partial charge in [0.05, 0.1) is 40.6 Å². The van der Waals surface area contributed by atoms with Crippen LogP contribution in [-0.2, 0) is 23.0 Å². The normalized spacial score (nSPS) is 10.9. The van der Waals surface area contributed by atoms with E-state index in [4.69, 9.17) is 9.47 Å². The largest absolute Gasteiger partial charge is 0.493 e. The molecule has 0 aliphatic rings. The van der Waals surface area contributed by atoms with Crippen LogP contribution in [0.1, 0.15) is 96.8 Å². The smallest absolute Gasteiger partial charge is 0.294 e. The number of aromatic nitrogens is 8. The molecule has 6 rings (SSSR count). The van der Waals surface area contributed by atoms with Crippen molar-refractivity contribution in [3.8, 4) is 34.3 Å². The third-order valence-corrected chi connectivity index (χ3v) is 8.84. The lowest BCUT2D eigenvalue weighted by Crippen LogP contribution is -2.16. The van der Waals surface area contributed by atoms with Crippen LogP contribution in [0.25, 0.3) is 33.8 Å². The first-order chi connectivity index (χ1) is 26.3. The minimum Gasteiger partial charge on any atom is -0.493 e. The summed E-state index contributed by atoms with van der Waals surface area (Å²) >= 11 is 0. The lowest BCUT2D eigenvalue weighted by atomic mass is 10.1. The fourth-order valence-corrected chi connectivity index (χ4v) is 6.30. The van der Waals surface area contributed by atoms with Crippen molar-refractivity contribution in [3.63, 3.8) is 0 Å². The summed E-state index contributed by atoms with van der Waals surface area (Å²) in [5.74, 6) is 3.15. The van der Waals surface area contributed by atoms with Gasteiger partial charge in [0.25, 0.3) is 21.2 Å². The highest BCUT2D eigenvalue weighted by molar-refractivity contribution is 7.85. The van der Waals surface area contributed by atoms with E-state index in [1.807, 2.05) is 73.6 Å². The summed E-state index contributed by atoms with van der Waals surface area (Å²) in [7, 11) is -4.42. The van der Waals surface area contributed by atoms with E-state index in [1.54, 1.807) is 18.4 Å². The third-order valence-electron chi connectivity index (χ3n) is 7.99. The number of aromatic amines is 2. The monoisotopic (exact) mass is 778 g/mol. The SMILES string of the molecule is CC.CC.CCCc1nc(C)c2c(=O)[nH]c(-c3cc(S(=O)(=O)O)ccc3OCC)nn12.CCCc1nc(C)c2c(=O)[nH]c(-c3cccc(C)c3OCC)nn12. The quantitative estimate of drug-likeness (QED) is 0.113. The zero-order valence-corrected chi connectivity index (χ0v) is 34.5. The molecule has 298 valence electrons. The first kappa shape index (κ1) is 44.0. The molecule has 15 nitrogen and oxygen atoms in total. The average molecular weight is 779 g/mol. The third kappa shape index (κ3) is 9.85. The number of rotatable bonds is 11. The number of ether oxygens (including phenoxy) is 2. The highest BCUT2D eigenvalue weighted by Gasteiger charge is 2.20. The Hall–Kier alpha value is -5.35. The van der Waals surface area contributed by atoms with E-state index in [2.05, 4.69) is 37.1 Å². The molecule has 6 aromatic rings. The van der Waals surface area contributed by atoms with Crippen molar-refractivity contribution < 1.29 is 22.4 Å². The average Bonchev–Trinajstić information content (AvgIpc) is 3.66. The van der Waals surface area contributed by atoms with Crippen LogP contribution in [0, 0.1) is 20.8 Å². The molecule has 0 radical (unpaired) electrons. The van der Waals surface area contributed by atoms with Crippen molar-refractivity contribution in [2.24, 2.45) is 0 Å². The van der Waals surface area contributed by atoms with Crippen LogP contribution in [0.15, 0.2) is 50.9 Å². The Bertz CT molecular complexity index is 2450. The number of benzene rings is 2. The van der Waals surface area contributed by atoms with Crippen molar-refractivity contribution >= 4 is 21.2 Å². The summed E-state index contributed by atoms with van der Waals surface area (Å²) < 4.78 is 46.8. The Morgan fingerprint density at radius 1 is 0.709 bits per heavy atom. The fraction of sp³-hybridized carbons (Fsp3) is 0.436. The van der Waals surface area contributed by atoms with Crippen molar-refractivity contribution in [3.05, 3.63) is 85.7 Å². The number of fused-ring (bicyclic) bond motifs is 2. The summed E-state index contributed by atoms with van der Waals surface area (Å²) in [4.78, 5) is 39.3. The Kier molecular flexibility index (Phi) is 15.9. The number of hydrogen-bond acceptors (Lipinski definition) is 10. The number of nitrogens with one attached hydrogen (secondary N) is 2. The number of aryl methyl sites for hydroxylation is 5. The molecule has 4 aromatic heterocycles. The van der Waals surface area contributed by atoms with E-state index < -0.39 is 15.7 Å². The standard InChI is InChI=1S/C18H22N4O2.C17H20N4O5S.2C2H6/c1-5-8-14-19-12(4)15-18(23)20-17(21-22(14)15)13-10-7-9-11(3)16(13)24-6-2;1-4-6-14-18-10(3)15-17(22)19-16(20-21(14)15)12-9-11(27(23,24)25)7-8-13(12)26-5-2;2*1-2/h7,9-10H,5-6,8H2,1-4H3,(H,20,21,23);7-9H,4-6H2,1-3H3,(H,19,20,22)(H,23,24,25);2*1-2H3. The second-order valence-corrected chi connectivity index (χ2v) is 13.2. The van der Waals surface area contributed by atoms with Crippen molar-refractivity contribution in [1.82, 2.24) is 39.2 Å². The van der Waals surface area contributed by atoms with E-state index >= 15 is 0 Å². The predicted molar refractivity (Wildman–Crippen MR) is 215 cm³/mol. The molecule has 3 N–H and O–H groups in total. The van der Waals surface area contributed by atoms with Gasteiger partial charge in [0.1, 0.15) is 23.1 Å². The zero-order valence-electron chi connectivity index (χ0n) is 33.7.